The maximum atomic E-state index is 12.5. The molecule has 0 bridgehead atoms. The highest BCUT2D eigenvalue weighted by atomic mass is 35.5. The second kappa shape index (κ2) is 12.8. The number of hydrogen-bond donors (Lipinski definition) is 3. The van der Waals surface area contributed by atoms with Crippen LogP contribution in [-0.4, -0.2) is 40.7 Å². The number of aromatic nitrogens is 2. The van der Waals surface area contributed by atoms with Gasteiger partial charge in [-0.05, 0) is 42.7 Å². The van der Waals surface area contributed by atoms with E-state index in [0.717, 1.165) is 35.1 Å². The Bertz CT molecular complexity index is 946. The topological polar surface area (TPSA) is 82.2 Å². The number of amides is 1. The summed E-state index contributed by atoms with van der Waals surface area (Å²) >= 11 is 7.74. The van der Waals surface area contributed by atoms with Crippen molar-refractivity contribution < 1.29 is 4.79 Å². The molecule has 1 aromatic heterocycles. The van der Waals surface area contributed by atoms with Gasteiger partial charge in [0.2, 0.25) is 0 Å². The third kappa shape index (κ3) is 8.47. The highest BCUT2D eigenvalue weighted by Gasteiger charge is 2.08. The van der Waals surface area contributed by atoms with E-state index in [4.69, 9.17) is 11.6 Å². The Balaban J connectivity index is 1.47. The van der Waals surface area contributed by atoms with Gasteiger partial charge in [0.05, 0.1) is 6.33 Å². The predicted octanol–water partition coefficient (Wildman–Crippen LogP) is 4.30. The number of rotatable bonds is 10. The molecule has 0 aliphatic carbocycles. The molecular weight excluding hydrogens is 430 g/mol. The van der Waals surface area contributed by atoms with Gasteiger partial charge >= 0.3 is 0 Å². The minimum Gasteiger partial charge on any atom is -0.355 e. The van der Waals surface area contributed by atoms with Crippen LogP contribution in [0.15, 0.2) is 72.1 Å². The maximum Gasteiger partial charge on any atom is 0.257 e. The molecule has 3 rings (SSSR count). The van der Waals surface area contributed by atoms with Crippen LogP contribution in [0.4, 0.5) is 0 Å². The molecular formula is C23H26ClN5OS. The number of aliphatic imine (C=N–C) groups is 1. The van der Waals surface area contributed by atoms with E-state index >= 15 is 0 Å². The summed E-state index contributed by atoms with van der Waals surface area (Å²) < 4.78 is 0. The summed E-state index contributed by atoms with van der Waals surface area (Å²) in [5.74, 6) is 2.13. The summed E-state index contributed by atoms with van der Waals surface area (Å²) in [6.45, 7) is 1.31. The van der Waals surface area contributed by atoms with Gasteiger partial charge in [0.1, 0.15) is 0 Å². The average Bonchev–Trinajstić information content (AvgIpc) is 3.31. The monoisotopic (exact) mass is 455 g/mol. The van der Waals surface area contributed by atoms with Gasteiger partial charge in [-0.3, -0.25) is 15.1 Å². The molecule has 1 heterocycles. The SMILES string of the molecule is O=C(NC(=NCCCc1cnc[nH]1)NCCSCc1ccc(Cl)cc1)c1ccccc1. The van der Waals surface area contributed by atoms with Crippen LogP contribution in [0.3, 0.4) is 0 Å². The first-order valence-electron chi connectivity index (χ1n) is 10.1. The number of thioether (sulfide) groups is 1. The molecule has 0 fully saturated rings. The highest BCUT2D eigenvalue weighted by Crippen LogP contribution is 2.15. The van der Waals surface area contributed by atoms with E-state index in [1.165, 1.54) is 5.56 Å². The van der Waals surface area contributed by atoms with E-state index in [9.17, 15) is 4.79 Å². The normalized spacial score (nSPS) is 11.3. The standard InChI is InChI=1S/C23H26ClN5OS/c24-20-10-8-18(9-11-20)16-31-14-13-27-23(26-12-4-7-21-15-25-17-28-21)29-22(30)19-5-2-1-3-6-19/h1-3,5-6,8-11,15,17H,4,7,12-14,16H2,(H,25,28)(H2,26,27,29,30). The highest BCUT2D eigenvalue weighted by molar-refractivity contribution is 7.98. The molecule has 162 valence electrons. The van der Waals surface area contributed by atoms with E-state index in [1.54, 1.807) is 18.5 Å². The lowest BCUT2D eigenvalue weighted by Crippen LogP contribution is -2.42. The largest absolute Gasteiger partial charge is 0.355 e. The van der Waals surface area contributed by atoms with Gasteiger partial charge < -0.3 is 10.3 Å². The summed E-state index contributed by atoms with van der Waals surface area (Å²) in [7, 11) is 0. The van der Waals surface area contributed by atoms with Gasteiger partial charge in [0.25, 0.3) is 5.91 Å². The van der Waals surface area contributed by atoms with E-state index in [0.29, 0.717) is 24.6 Å². The zero-order valence-corrected chi connectivity index (χ0v) is 18.8. The second-order valence-electron chi connectivity index (χ2n) is 6.84. The first-order chi connectivity index (χ1) is 15.2. The lowest BCUT2D eigenvalue weighted by Gasteiger charge is -2.12. The molecule has 0 aliphatic heterocycles. The predicted molar refractivity (Wildman–Crippen MR) is 129 cm³/mol. The van der Waals surface area contributed by atoms with Gasteiger partial charge in [-0.2, -0.15) is 11.8 Å². The van der Waals surface area contributed by atoms with Crippen molar-refractivity contribution in [3.8, 4) is 0 Å². The number of H-pyrrole nitrogens is 1. The van der Waals surface area contributed by atoms with E-state index in [1.807, 2.05) is 60.4 Å². The Morgan fingerprint density at radius 1 is 1.13 bits per heavy atom. The maximum absolute atomic E-state index is 12.5. The van der Waals surface area contributed by atoms with Crippen LogP contribution in [0.1, 0.15) is 28.0 Å². The number of benzene rings is 2. The van der Waals surface area contributed by atoms with Crippen molar-refractivity contribution in [2.45, 2.75) is 18.6 Å². The number of aromatic amines is 1. The van der Waals surface area contributed by atoms with Crippen molar-refractivity contribution >= 4 is 35.2 Å². The Labute approximate surface area is 191 Å². The molecule has 1 amide bonds. The number of aryl methyl sites for hydroxylation is 1. The first kappa shape index (κ1) is 22.9. The Morgan fingerprint density at radius 2 is 1.94 bits per heavy atom. The number of hydrogen-bond acceptors (Lipinski definition) is 4. The van der Waals surface area contributed by atoms with E-state index in [-0.39, 0.29) is 5.91 Å². The van der Waals surface area contributed by atoms with E-state index < -0.39 is 0 Å². The third-order valence-electron chi connectivity index (χ3n) is 4.42. The van der Waals surface area contributed by atoms with Crippen molar-refractivity contribution in [3.05, 3.63) is 89.0 Å². The molecule has 3 N–H and O–H groups in total. The van der Waals surface area contributed by atoms with Crippen LogP contribution < -0.4 is 10.6 Å². The van der Waals surface area contributed by atoms with E-state index in [2.05, 4.69) is 25.6 Å². The number of nitrogens with one attached hydrogen (secondary N) is 3. The molecule has 0 unspecified atom stereocenters. The van der Waals surface area contributed by atoms with Crippen molar-refractivity contribution in [1.29, 1.82) is 0 Å². The molecule has 8 heteroatoms. The van der Waals surface area contributed by atoms with Gasteiger partial charge in [-0.25, -0.2) is 4.98 Å². The zero-order chi connectivity index (χ0) is 21.7. The fourth-order valence-corrected chi connectivity index (χ4v) is 3.75. The smallest absolute Gasteiger partial charge is 0.257 e. The van der Waals surface area contributed by atoms with Crippen LogP contribution in [0.25, 0.3) is 0 Å². The molecule has 0 atom stereocenters. The number of imidazole rings is 1. The molecule has 0 aliphatic rings. The average molecular weight is 456 g/mol. The van der Waals surface area contributed by atoms with Crippen LogP contribution in [0.5, 0.6) is 0 Å². The number of carbonyl (C=O) groups excluding carboxylic acids is 1. The summed E-state index contributed by atoms with van der Waals surface area (Å²) in [5.41, 5.74) is 2.92. The molecule has 3 aromatic rings. The molecule has 0 saturated heterocycles. The summed E-state index contributed by atoms with van der Waals surface area (Å²) in [6, 6.07) is 17.0. The fourth-order valence-electron chi connectivity index (χ4n) is 2.80. The number of carbonyl (C=O) groups is 1. The molecule has 0 spiro atoms. The zero-order valence-electron chi connectivity index (χ0n) is 17.2. The molecule has 0 radical (unpaired) electrons. The van der Waals surface area contributed by atoms with Crippen LogP contribution in [-0.2, 0) is 12.2 Å². The van der Waals surface area contributed by atoms with Crippen molar-refractivity contribution in [2.24, 2.45) is 4.99 Å². The Morgan fingerprint density at radius 3 is 2.68 bits per heavy atom. The number of halogens is 1. The number of nitrogens with zero attached hydrogens (tertiary/aromatic N) is 2. The summed E-state index contributed by atoms with van der Waals surface area (Å²) in [4.78, 5) is 24.2. The van der Waals surface area contributed by atoms with Crippen LogP contribution in [0.2, 0.25) is 5.02 Å². The van der Waals surface area contributed by atoms with Gasteiger partial charge in [0, 0.05) is 47.1 Å². The van der Waals surface area contributed by atoms with Crippen molar-refractivity contribution in [2.75, 3.05) is 18.8 Å². The van der Waals surface area contributed by atoms with Gasteiger partial charge in [-0.15, -0.1) is 0 Å². The second-order valence-corrected chi connectivity index (χ2v) is 8.38. The lowest BCUT2D eigenvalue weighted by molar-refractivity contribution is 0.0976. The molecule has 31 heavy (non-hydrogen) atoms. The van der Waals surface area contributed by atoms with Crippen LogP contribution >= 0.6 is 23.4 Å². The minimum atomic E-state index is -0.172. The minimum absolute atomic E-state index is 0.172. The summed E-state index contributed by atoms with van der Waals surface area (Å²) in [5, 5.41) is 6.91. The van der Waals surface area contributed by atoms with Crippen molar-refractivity contribution in [3.63, 3.8) is 0 Å². The Kier molecular flexibility index (Phi) is 9.47. The van der Waals surface area contributed by atoms with Crippen LogP contribution in [0, 0.1) is 0 Å². The van der Waals surface area contributed by atoms with Gasteiger partial charge in [0.15, 0.2) is 5.96 Å². The van der Waals surface area contributed by atoms with Gasteiger partial charge in [-0.1, -0.05) is 41.9 Å². The quantitative estimate of drug-likeness (QED) is 0.242. The lowest BCUT2D eigenvalue weighted by atomic mass is 10.2. The fraction of sp³-hybridized carbons (Fsp3) is 0.261. The third-order valence-corrected chi connectivity index (χ3v) is 5.70. The molecule has 0 saturated carbocycles. The Hall–Kier alpha value is -2.77. The molecule has 2 aromatic carbocycles. The number of guanidine groups is 1. The van der Waals surface area contributed by atoms with Crippen molar-refractivity contribution in [1.82, 2.24) is 20.6 Å². The summed E-state index contributed by atoms with van der Waals surface area (Å²) in [6.07, 6.45) is 5.21. The molecule has 6 nitrogen and oxygen atoms in total. The first-order valence-corrected chi connectivity index (χ1v) is 11.7.